The third-order valence-electron chi connectivity index (χ3n) is 4.54. The summed E-state index contributed by atoms with van der Waals surface area (Å²) < 4.78 is 13.1. The number of nitro groups is 1. The first-order valence-electron chi connectivity index (χ1n) is 8.85. The molecule has 2 aromatic heterocycles. The molecule has 4 rings (SSSR count). The van der Waals surface area contributed by atoms with Crippen LogP contribution in [0.15, 0.2) is 36.5 Å². The summed E-state index contributed by atoms with van der Waals surface area (Å²) in [5, 5.41) is 24.4. The van der Waals surface area contributed by atoms with E-state index < -0.39 is 4.92 Å². The molecule has 1 atom stereocenters. The summed E-state index contributed by atoms with van der Waals surface area (Å²) in [7, 11) is 0. The Kier molecular flexibility index (Phi) is 4.60. The van der Waals surface area contributed by atoms with Gasteiger partial charge >= 0.3 is 5.69 Å². The van der Waals surface area contributed by atoms with Gasteiger partial charge in [-0.15, -0.1) is 0 Å². The molecule has 1 saturated carbocycles. The smallest absolute Gasteiger partial charge is 0.329 e. The summed E-state index contributed by atoms with van der Waals surface area (Å²) in [6.45, 7) is 1.81. The number of rotatable bonds is 7. The molecule has 10 heteroatoms. The molecule has 0 bridgehead atoms. The van der Waals surface area contributed by atoms with E-state index in [1.165, 1.54) is 12.1 Å². The van der Waals surface area contributed by atoms with Gasteiger partial charge < -0.3 is 10.6 Å². The summed E-state index contributed by atoms with van der Waals surface area (Å²) in [4.78, 5) is 19.0. The van der Waals surface area contributed by atoms with Crippen molar-refractivity contribution < 1.29 is 9.31 Å². The number of halogens is 1. The zero-order valence-electron chi connectivity index (χ0n) is 15.0. The van der Waals surface area contributed by atoms with E-state index in [-0.39, 0.29) is 29.3 Å². The molecular weight excluding hydrogens is 365 g/mol. The normalized spacial score (nSPS) is 14.5. The molecule has 0 radical (unpaired) electrons. The minimum absolute atomic E-state index is 0.0669. The number of aromatic amines is 1. The third-order valence-corrected chi connectivity index (χ3v) is 4.54. The van der Waals surface area contributed by atoms with Gasteiger partial charge in [0.2, 0.25) is 11.8 Å². The maximum absolute atomic E-state index is 13.1. The zero-order valence-corrected chi connectivity index (χ0v) is 15.0. The highest BCUT2D eigenvalue weighted by molar-refractivity contribution is 5.60. The molecule has 1 aliphatic rings. The predicted octanol–water partition coefficient (Wildman–Crippen LogP) is 4.04. The largest absolute Gasteiger partial charge is 0.358 e. The van der Waals surface area contributed by atoms with E-state index in [4.69, 9.17) is 0 Å². The number of aromatic nitrogens is 4. The van der Waals surface area contributed by atoms with Gasteiger partial charge in [0.05, 0.1) is 11.0 Å². The molecule has 0 spiro atoms. The lowest BCUT2D eigenvalue weighted by atomic mass is 10.1. The standard InChI is InChI=1S/C18H18FN7O2/c1-10(11-4-6-13(19)7-5-11)21-17-15(26(27)28)9-20-18(23-17)22-16-8-14(24-25-16)12-2-3-12/h4-10,12H,2-3H2,1H3,(H3,20,21,22,23,24,25)/t10-/m0/s1. The molecule has 144 valence electrons. The van der Waals surface area contributed by atoms with Crippen molar-refractivity contribution in [3.63, 3.8) is 0 Å². The Morgan fingerprint density at radius 2 is 2.07 bits per heavy atom. The minimum Gasteiger partial charge on any atom is -0.358 e. The van der Waals surface area contributed by atoms with Crippen molar-refractivity contribution >= 4 is 23.3 Å². The number of nitrogens with one attached hydrogen (secondary N) is 3. The number of H-pyrrole nitrogens is 1. The second-order valence-corrected chi connectivity index (χ2v) is 6.71. The SMILES string of the molecule is C[C@H](Nc1nc(Nc2cc(C3CC3)[nH]n2)ncc1[N+](=O)[O-])c1ccc(F)cc1. The van der Waals surface area contributed by atoms with Gasteiger partial charge in [-0.2, -0.15) is 10.1 Å². The van der Waals surface area contributed by atoms with Gasteiger partial charge in [0.1, 0.15) is 12.0 Å². The fraction of sp³-hybridized carbons (Fsp3) is 0.278. The van der Waals surface area contributed by atoms with Crippen LogP contribution < -0.4 is 10.6 Å². The molecule has 0 aliphatic heterocycles. The van der Waals surface area contributed by atoms with E-state index in [1.807, 2.05) is 13.0 Å². The second kappa shape index (κ2) is 7.22. The Balaban J connectivity index is 1.55. The Morgan fingerprint density at radius 3 is 2.75 bits per heavy atom. The van der Waals surface area contributed by atoms with Crippen LogP contribution in [0.4, 0.5) is 27.7 Å². The summed E-state index contributed by atoms with van der Waals surface area (Å²) in [5.41, 5.74) is 1.57. The third kappa shape index (κ3) is 3.90. The van der Waals surface area contributed by atoms with Crippen LogP contribution in [0.5, 0.6) is 0 Å². The molecule has 0 unspecified atom stereocenters. The zero-order chi connectivity index (χ0) is 19.7. The van der Waals surface area contributed by atoms with Crippen molar-refractivity contribution in [3.8, 4) is 0 Å². The minimum atomic E-state index is -0.552. The van der Waals surface area contributed by atoms with Crippen LogP contribution in [-0.4, -0.2) is 25.1 Å². The molecule has 28 heavy (non-hydrogen) atoms. The van der Waals surface area contributed by atoms with E-state index in [0.717, 1.165) is 30.3 Å². The summed E-state index contributed by atoms with van der Waals surface area (Å²) in [6.07, 6.45) is 3.43. The first-order valence-corrected chi connectivity index (χ1v) is 8.85. The van der Waals surface area contributed by atoms with Gasteiger partial charge in [-0.1, -0.05) is 12.1 Å². The topological polar surface area (TPSA) is 122 Å². The second-order valence-electron chi connectivity index (χ2n) is 6.71. The van der Waals surface area contributed by atoms with Crippen LogP contribution in [0.3, 0.4) is 0 Å². The van der Waals surface area contributed by atoms with Gasteiger partial charge in [0.25, 0.3) is 0 Å². The molecule has 9 nitrogen and oxygen atoms in total. The average Bonchev–Trinajstić information content (AvgIpc) is 3.42. The molecule has 1 fully saturated rings. The Labute approximate surface area is 159 Å². The number of hydrogen-bond donors (Lipinski definition) is 3. The lowest BCUT2D eigenvalue weighted by Gasteiger charge is -2.15. The maximum Gasteiger partial charge on any atom is 0.329 e. The molecule has 3 aromatic rings. The van der Waals surface area contributed by atoms with Crippen molar-refractivity contribution in [1.29, 1.82) is 0 Å². The van der Waals surface area contributed by atoms with Gasteiger partial charge in [0.15, 0.2) is 5.82 Å². The first-order chi connectivity index (χ1) is 13.5. The van der Waals surface area contributed by atoms with Crippen LogP contribution in [0.25, 0.3) is 0 Å². The highest BCUT2D eigenvalue weighted by atomic mass is 19.1. The maximum atomic E-state index is 13.1. The van der Waals surface area contributed by atoms with Crippen LogP contribution >= 0.6 is 0 Å². The van der Waals surface area contributed by atoms with Gasteiger partial charge in [0, 0.05) is 17.7 Å². The van der Waals surface area contributed by atoms with Crippen LogP contribution in [-0.2, 0) is 0 Å². The monoisotopic (exact) mass is 383 g/mol. The molecule has 0 saturated heterocycles. The van der Waals surface area contributed by atoms with Crippen molar-refractivity contribution in [1.82, 2.24) is 20.2 Å². The van der Waals surface area contributed by atoms with E-state index in [0.29, 0.717) is 11.7 Å². The van der Waals surface area contributed by atoms with Gasteiger partial charge in [-0.05, 0) is 37.5 Å². The lowest BCUT2D eigenvalue weighted by molar-refractivity contribution is -0.384. The van der Waals surface area contributed by atoms with Crippen molar-refractivity contribution in [2.75, 3.05) is 10.6 Å². The van der Waals surface area contributed by atoms with Crippen LogP contribution in [0, 0.1) is 15.9 Å². The van der Waals surface area contributed by atoms with E-state index in [2.05, 4.69) is 30.8 Å². The van der Waals surface area contributed by atoms with Crippen molar-refractivity contribution in [2.45, 2.75) is 31.7 Å². The Hall–Kier alpha value is -3.56. The molecule has 1 aromatic carbocycles. The summed E-state index contributed by atoms with van der Waals surface area (Å²) >= 11 is 0. The number of hydrogen-bond acceptors (Lipinski definition) is 7. The number of nitrogens with zero attached hydrogens (tertiary/aromatic N) is 4. The highest BCUT2D eigenvalue weighted by Crippen LogP contribution is 2.39. The Bertz CT molecular complexity index is 1000. The summed E-state index contributed by atoms with van der Waals surface area (Å²) in [6, 6.07) is 7.46. The van der Waals surface area contributed by atoms with E-state index in [1.54, 1.807) is 12.1 Å². The number of anilines is 3. The molecule has 1 aliphatic carbocycles. The highest BCUT2D eigenvalue weighted by Gasteiger charge is 2.26. The predicted molar refractivity (Wildman–Crippen MR) is 101 cm³/mol. The molecule has 2 heterocycles. The fourth-order valence-electron chi connectivity index (χ4n) is 2.83. The molecule has 0 amide bonds. The van der Waals surface area contributed by atoms with Crippen LogP contribution in [0.2, 0.25) is 0 Å². The van der Waals surface area contributed by atoms with Crippen molar-refractivity contribution in [3.05, 3.63) is 63.7 Å². The number of benzene rings is 1. The van der Waals surface area contributed by atoms with Gasteiger partial charge in [-0.3, -0.25) is 15.2 Å². The Morgan fingerprint density at radius 1 is 1.32 bits per heavy atom. The van der Waals surface area contributed by atoms with E-state index in [9.17, 15) is 14.5 Å². The summed E-state index contributed by atoms with van der Waals surface area (Å²) in [5.74, 6) is 0.980. The average molecular weight is 383 g/mol. The molecule has 3 N–H and O–H groups in total. The lowest BCUT2D eigenvalue weighted by Crippen LogP contribution is -2.11. The van der Waals surface area contributed by atoms with Gasteiger partial charge in [-0.25, -0.2) is 9.37 Å². The molecular formula is C18H18FN7O2. The quantitative estimate of drug-likeness (QED) is 0.416. The fourth-order valence-corrected chi connectivity index (χ4v) is 2.83. The first kappa shape index (κ1) is 17.8. The van der Waals surface area contributed by atoms with E-state index >= 15 is 0 Å². The van der Waals surface area contributed by atoms with Crippen LogP contribution in [0.1, 0.15) is 43.0 Å². The van der Waals surface area contributed by atoms with Crippen molar-refractivity contribution in [2.24, 2.45) is 0 Å².